The summed E-state index contributed by atoms with van der Waals surface area (Å²) in [7, 11) is 0. The average molecular weight is 1110 g/mol. The fourth-order valence-electron chi connectivity index (χ4n) is 8.85. The molecule has 436 valence electrons. The van der Waals surface area contributed by atoms with Crippen molar-refractivity contribution in [1.82, 2.24) is 0 Å². The highest BCUT2D eigenvalue weighted by molar-refractivity contribution is 5.36. The van der Waals surface area contributed by atoms with Gasteiger partial charge in [0.25, 0.3) is 5.69 Å². The number of nitrogens with zero attached hydrogens (tertiary/aromatic N) is 1. The Bertz CT molecular complexity index is 1970. The van der Waals surface area contributed by atoms with E-state index in [0.29, 0.717) is 0 Å². The molecule has 0 radical (unpaired) electrons. The van der Waals surface area contributed by atoms with Crippen LogP contribution in [0.15, 0.2) is 24.3 Å². The lowest BCUT2D eigenvalue weighted by Crippen LogP contribution is -2.63. The zero-order chi connectivity index (χ0) is 55.6. The van der Waals surface area contributed by atoms with Crippen LogP contribution in [0, 0.1) is 10.1 Å². The van der Waals surface area contributed by atoms with E-state index in [1.807, 2.05) is 0 Å². The highest BCUT2D eigenvalue weighted by atomic mass is 16.8. The number of benzene rings is 1. The van der Waals surface area contributed by atoms with Gasteiger partial charge >= 0.3 is 0 Å². The monoisotopic (exact) mass is 1110 g/mol. The summed E-state index contributed by atoms with van der Waals surface area (Å²) in [5.74, 6) is -0.0341. The van der Waals surface area contributed by atoms with Gasteiger partial charge in [-0.25, -0.2) is 0 Å². The summed E-state index contributed by atoms with van der Waals surface area (Å²) < 4.78 is 66.3. The van der Waals surface area contributed by atoms with Gasteiger partial charge < -0.3 is 154 Å². The van der Waals surface area contributed by atoms with Gasteiger partial charge in [-0.05, 0) is 12.1 Å². The zero-order valence-electron chi connectivity index (χ0n) is 39.5. The zero-order valence-corrected chi connectivity index (χ0v) is 39.5. The number of hydrogen-bond donors (Lipinski definition) is 19. The van der Waals surface area contributed by atoms with Crippen molar-refractivity contribution in [3.8, 4) is 5.75 Å². The van der Waals surface area contributed by atoms with Crippen LogP contribution in [-0.4, -0.2) is 326 Å². The largest absolute Gasteiger partial charge is 0.462 e. The topological polar surface area (TPSA) is 538 Å². The summed E-state index contributed by atoms with van der Waals surface area (Å²) in [4.78, 5) is 10.3. The van der Waals surface area contributed by atoms with Gasteiger partial charge in [-0.1, -0.05) is 0 Å². The van der Waals surface area contributed by atoms with Gasteiger partial charge in [-0.15, -0.1) is 0 Å². The molecule has 6 aliphatic rings. The second-order valence-corrected chi connectivity index (χ2v) is 18.8. The minimum atomic E-state index is -2.04. The molecule has 6 fully saturated rings. The molecular formula is C42H65NO33. The highest BCUT2D eigenvalue weighted by Crippen LogP contribution is 2.32. The molecule has 0 spiro atoms. The molecule has 0 aromatic heterocycles. The Labute approximate surface area is 428 Å². The van der Waals surface area contributed by atoms with Gasteiger partial charge in [0.15, 0.2) is 31.5 Å². The van der Waals surface area contributed by atoms with E-state index >= 15 is 0 Å². The van der Waals surface area contributed by atoms with Crippen LogP contribution < -0.4 is 4.74 Å². The molecule has 0 amide bonds. The van der Waals surface area contributed by atoms with Crippen molar-refractivity contribution >= 4 is 5.69 Å². The van der Waals surface area contributed by atoms with E-state index in [1.165, 1.54) is 12.1 Å². The van der Waals surface area contributed by atoms with Gasteiger partial charge in [0.1, 0.15) is 152 Å². The number of nitro groups is 1. The number of rotatable bonds is 19. The van der Waals surface area contributed by atoms with Crippen LogP contribution in [0.5, 0.6) is 5.75 Å². The first kappa shape index (κ1) is 60.9. The molecule has 0 aliphatic carbocycles. The van der Waals surface area contributed by atoms with Gasteiger partial charge in [-0.3, -0.25) is 10.1 Å². The third-order valence-electron chi connectivity index (χ3n) is 13.6. The predicted molar refractivity (Wildman–Crippen MR) is 231 cm³/mol. The second kappa shape index (κ2) is 26.2. The Hall–Kier alpha value is -2.78. The van der Waals surface area contributed by atoms with Gasteiger partial charge in [0.2, 0.25) is 6.29 Å². The molecule has 0 saturated carbocycles. The molecule has 7 rings (SSSR count). The number of aliphatic hydroxyl groups is 19. The molecule has 0 unspecified atom stereocenters. The van der Waals surface area contributed by atoms with Crippen molar-refractivity contribution < 1.29 is 159 Å². The average Bonchev–Trinajstić information content (AvgIpc) is 3.40. The first-order valence-corrected chi connectivity index (χ1v) is 23.7. The van der Waals surface area contributed by atoms with Gasteiger partial charge in [0, 0.05) is 12.1 Å². The molecule has 34 heteroatoms. The highest BCUT2D eigenvalue weighted by Gasteiger charge is 2.53. The van der Waals surface area contributed by atoms with Crippen LogP contribution in [0.1, 0.15) is 0 Å². The summed E-state index contributed by atoms with van der Waals surface area (Å²) in [5, 5.41) is 211. The Morgan fingerprint density at radius 3 is 0.816 bits per heavy atom. The minimum absolute atomic E-state index is 0.0341. The fraction of sp³-hybridized carbons (Fsp3) is 0.857. The first-order valence-electron chi connectivity index (χ1n) is 23.7. The molecule has 6 aliphatic heterocycles. The summed E-state index contributed by atoms with van der Waals surface area (Å²) >= 11 is 0. The Morgan fingerprint density at radius 2 is 0.566 bits per heavy atom. The number of nitro benzene ring substituents is 1. The smallest absolute Gasteiger partial charge is 0.269 e. The van der Waals surface area contributed by atoms with Crippen molar-refractivity contribution in [2.24, 2.45) is 0 Å². The maximum absolute atomic E-state index is 11.0. The molecule has 1 aromatic carbocycles. The Kier molecular flexibility index (Phi) is 21.0. The number of non-ortho nitro benzene ring substituents is 1. The summed E-state index contributed by atoms with van der Waals surface area (Å²) in [6.45, 7) is -4.64. The van der Waals surface area contributed by atoms with Crippen LogP contribution in [0.4, 0.5) is 5.69 Å². The van der Waals surface area contributed by atoms with Crippen LogP contribution >= 0.6 is 0 Å². The predicted octanol–water partition coefficient (Wildman–Crippen LogP) is -12.1. The lowest BCUT2D eigenvalue weighted by Gasteiger charge is -2.45. The SMILES string of the molecule is O=[N+]([O-])c1ccc(O[C@@H]2O[C@H](CO[C@@H]3O[C@H](CO[C@@H]4O[C@H](CO[C@@H]5O[C@H](CO[C@@H]6O[C@H](CO[C@@H]7O[C@H](CO)[C@H](O)[C@H](O)[C@H]7O)[C@H](O)[C@H](O)[C@H]6O)[C@H](O)[C@H](O)[C@H]5O)[C@H](O)[C@H](O)[C@H]4O)[C@H](O)[C@H](O)[C@H]3O)[C@H](O)[C@H](O)[C@H]2O)cc1. The van der Waals surface area contributed by atoms with E-state index in [4.69, 9.17) is 56.8 Å². The molecule has 6 heterocycles. The Morgan fingerprint density at radius 1 is 0.342 bits per heavy atom. The van der Waals surface area contributed by atoms with E-state index in [2.05, 4.69) is 0 Å². The molecule has 76 heavy (non-hydrogen) atoms. The van der Waals surface area contributed by atoms with Crippen LogP contribution in [-0.2, 0) is 52.1 Å². The number of aliphatic hydroxyl groups excluding tert-OH is 19. The summed E-state index contributed by atoms with van der Waals surface area (Å²) in [5.41, 5.74) is -0.279. The third-order valence-corrected chi connectivity index (χ3v) is 13.6. The summed E-state index contributed by atoms with van der Waals surface area (Å²) in [6.07, 6.45) is -54.7. The van der Waals surface area contributed by atoms with Crippen molar-refractivity contribution in [3.63, 3.8) is 0 Å². The van der Waals surface area contributed by atoms with E-state index in [1.54, 1.807) is 0 Å². The maximum atomic E-state index is 11.0. The first-order chi connectivity index (χ1) is 35.9. The van der Waals surface area contributed by atoms with Crippen molar-refractivity contribution in [3.05, 3.63) is 34.4 Å². The normalized spacial score (nSPS) is 48.3. The lowest BCUT2D eigenvalue weighted by atomic mass is 9.97. The number of hydrogen-bond acceptors (Lipinski definition) is 33. The second-order valence-electron chi connectivity index (χ2n) is 18.8. The van der Waals surface area contributed by atoms with E-state index in [9.17, 15) is 107 Å². The van der Waals surface area contributed by atoms with Crippen molar-refractivity contribution in [2.45, 2.75) is 184 Å². The fourth-order valence-corrected chi connectivity index (χ4v) is 8.85. The molecule has 34 nitrogen and oxygen atoms in total. The molecule has 6 saturated heterocycles. The standard InChI is InChI=1S/C42H65NO33/c44-5-13-19(45)25(51)31(57)37(71-13)65-6-14-20(46)26(52)32(58)38(72-14)66-7-15-21(47)27(53)33(59)39(73-15)67-8-16-22(48)28(54)34(60)40(74-16)68-9-17-23(49)29(55)35(61)41(75-17)69-10-18-24(50)30(56)36(62)42(76-18)70-12-3-1-11(2-4-12)43(63)64/h1-4,13-42,44-62H,5-10H2/t13-,14-,15-,16-,17-,18-,19+,20+,21+,22+,23+,24+,25+,26+,27+,28+,29+,30+,31-,32-,33-,34-,35-,36-,37-,38-,39-,40-,41-,42-/m1/s1. The minimum Gasteiger partial charge on any atom is -0.462 e. The Balaban J connectivity index is 0.907. The van der Waals surface area contributed by atoms with Crippen LogP contribution in [0.3, 0.4) is 0 Å². The van der Waals surface area contributed by atoms with Gasteiger partial charge in [-0.2, -0.15) is 0 Å². The van der Waals surface area contributed by atoms with Gasteiger partial charge in [0.05, 0.1) is 44.6 Å². The van der Waals surface area contributed by atoms with Crippen molar-refractivity contribution in [2.75, 3.05) is 39.6 Å². The maximum Gasteiger partial charge on any atom is 0.269 e. The van der Waals surface area contributed by atoms with Crippen LogP contribution in [0.2, 0.25) is 0 Å². The molecule has 30 atom stereocenters. The van der Waals surface area contributed by atoms with E-state index in [-0.39, 0.29) is 11.4 Å². The van der Waals surface area contributed by atoms with Crippen LogP contribution in [0.25, 0.3) is 0 Å². The van der Waals surface area contributed by atoms with E-state index in [0.717, 1.165) is 12.1 Å². The molecule has 19 N–H and O–H groups in total. The molecule has 0 bridgehead atoms. The summed E-state index contributed by atoms with van der Waals surface area (Å²) in [6, 6.07) is 4.55. The quantitative estimate of drug-likeness (QED) is 0.0452. The van der Waals surface area contributed by atoms with Crippen molar-refractivity contribution in [1.29, 1.82) is 0 Å². The molecule has 1 aromatic rings. The lowest BCUT2D eigenvalue weighted by molar-refractivity contribution is -0.384. The third kappa shape index (κ3) is 13.3. The van der Waals surface area contributed by atoms with E-state index < -0.39 is 229 Å². The molecular weight excluding hydrogens is 1050 g/mol. The number of ether oxygens (including phenoxy) is 12.